The molecule has 0 aliphatic rings. The number of benzene rings is 2. The fraction of sp³-hybridized carbons (Fsp3) is 0.190. The molecule has 138 valence electrons. The van der Waals surface area contributed by atoms with Gasteiger partial charge in [0.25, 0.3) is 5.91 Å². The molecule has 0 fully saturated rings. The van der Waals surface area contributed by atoms with Crippen molar-refractivity contribution in [2.45, 2.75) is 13.8 Å². The number of nitrogens with zero attached hydrogens (tertiary/aromatic N) is 3. The molecular formula is C21H23N5O. The molecule has 3 aromatic rings. The van der Waals surface area contributed by atoms with Crippen molar-refractivity contribution in [2.75, 3.05) is 29.6 Å². The minimum atomic E-state index is -0.278. The van der Waals surface area contributed by atoms with Crippen LogP contribution in [0, 0.1) is 13.8 Å². The third-order valence-corrected chi connectivity index (χ3v) is 4.28. The number of hydrogen-bond donors (Lipinski definition) is 2. The number of carbonyl (C=O) groups excluding carboxylic acids is 1. The fourth-order valence-corrected chi connectivity index (χ4v) is 2.73. The van der Waals surface area contributed by atoms with E-state index in [2.05, 4.69) is 20.6 Å². The summed E-state index contributed by atoms with van der Waals surface area (Å²) in [5.74, 6) is 0.301. The highest BCUT2D eigenvalue weighted by Crippen LogP contribution is 2.23. The molecule has 2 N–H and O–H groups in total. The number of amides is 1. The maximum atomic E-state index is 12.5. The summed E-state index contributed by atoms with van der Waals surface area (Å²) < 4.78 is 0. The van der Waals surface area contributed by atoms with Crippen molar-refractivity contribution in [1.29, 1.82) is 0 Å². The maximum absolute atomic E-state index is 12.5. The summed E-state index contributed by atoms with van der Waals surface area (Å²) in [6.45, 7) is 4.06. The van der Waals surface area contributed by atoms with Gasteiger partial charge in [-0.25, -0.2) is 9.97 Å². The lowest BCUT2D eigenvalue weighted by molar-refractivity contribution is 0.102. The molecule has 6 heteroatoms. The maximum Gasteiger partial charge on any atom is 0.274 e. The highest BCUT2D eigenvalue weighted by Gasteiger charge is 2.11. The summed E-state index contributed by atoms with van der Waals surface area (Å²) in [5.41, 5.74) is 5.29. The minimum absolute atomic E-state index is 0.278. The normalized spacial score (nSPS) is 10.4. The van der Waals surface area contributed by atoms with Crippen LogP contribution < -0.4 is 15.5 Å². The third-order valence-electron chi connectivity index (χ3n) is 4.28. The van der Waals surface area contributed by atoms with Gasteiger partial charge in [0, 0.05) is 37.2 Å². The van der Waals surface area contributed by atoms with E-state index in [1.807, 2.05) is 75.3 Å². The Morgan fingerprint density at radius 1 is 0.963 bits per heavy atom. The highest BCUT2D eigenvalue weighted by atomic mass is 16.1. The molecular weight excluding hydrogens is 338 g/mol. The average Bonchev–Trinajstić information content (AvgIpc) is 2.65. The van der Waals surface area contributed by atoms with Crippen LogP contribution >= 0.6 is 0 Å². The second-order valence-electron chi connectivity index (χ2n) is 6.58. The summed E-state index contributed by atoms with van der Waals surface area (Å²) in [4.78, 5) is 22.9. The van der Waals surface area contributed by atoms with Crippen molar-refractivity contribution in [1.82, 2.24) is 9.97 Å². The van der Waals surface area contributed by atoms with Crippen molar-refractivity contribution >= 4 is 28.8 Å². The molecule has 0 saturated carbocycles. The molecule has 1 aromatic heterocycles. The van der Waals surface area contributed by atoms with E-state index in [-0.39, 0.29) is 5.91 Å². The first-order valence-electron chi connectivity index (χ1n) is 8.68. The number of aryl methyl sites for hydroxylation is 2. The molecule has 6 nitrogen and oxygen atoms in total. The van der Waals surface area contributed by atoms with Gasteiger partial charge in [-0.2, -0.15) is 0 Å². The number of aromatic nitrogens is 2. The van der Waals surface area contributed by atoms with Gasteiger partial charge < -0.3 is 15.5 Å². The van der Waals surface area contributed by atoms with E-state index in [0.29, 0.717) is 17.2 Å². The zero-order valence-corrected chi connectivity index (χ0v) is 15.9. The SMILES string of the molecule is Cc1cccc(C)c1Nc1cc(C(=O)Nc2ccc(N(C)C)cc2)ncn1. The molecule has 0 saturated heterocycles. The summed E-state index contributed by atoms with van der Waals surface area (Å²) in [5, 5.41) is 6.15. The van der Waals surface area contributed by atoms with E-state index >= 15 is 0 Å². The van der Waals surface area contributed by atoms with Crippen LogP contribution in [0.2, 0.25) is 0 Å². The first-order chi connectivity index (χ1) is 12.9. The van der Waals surface area contributed by atoms with E-state index in [1.165, 1.54) is 6.33 Å². The highest BCUT2D eigenvalue weighted by molar-refractivity contribution is 6.03. The summed E-state index contributed by atoms with van der Waals surface area (Å²) in [7, 11) is 3.94. The molecule has 0 unspecified atom stereocenters. The second kappa shape index (κ2) is 7.86. The van der Waals surface area contributed by atoms with Gasteiger partial charge in [-0.05, 0) is 49.2 Å². The number of carbonyl (C=O) groups is 1. The Bertz CT molecular complexity index is 931. The average molecular weight is 361 g/mol. The van der Waals surface area contributed by atoms with Gasteiger partial charge in [0.2, 0.25) is 0 Å². The first-order valence-corrected chi connectivity index (χ1v) is 8.68. The summed E-state index contributed by atoms with van der Waals surface area (Å²) >= 11 is 0. The molecule has 27 heavy (non-hydrogen) atoms. The number of anilines is 4. The lowest BCUT2D eigenvalue weighted by atomic mass is 10.1. The van der Waals surface area contributed by atoms with Crippen molar-refractivity contribution < 1.29 is 4.79 Å². The van der Waals surface area contributed by atoms with Crippen LogP contribution in [0.25, 0.3) is 0 Å². The predicted molar refractivity (Wildman–Crippen MR) is 110 cm³/mol. The van der Waals surface area contributed by atoms with E-state index < -0.39 is 0 Å². The quantitative estimate of drug-likeness (QED) is 0.714. The van der Waals surface area contributed by atoms with E-state index in [1.54, 1.807) is 6.07 Å². The van der Waals surface area contributed by atoms with Crippen LogP contribution in [0.3, 0.4) is 0 Å². The van der Waals surface area contributed by atoms with Gasteiger partial charge in [-0.3, -0.25) is 4.79 Å². The molecule has 1 amide bonds. The van der Waals surface area contributed by atoms with Crippen molar-refractivity contribution in [3.05, 3.63) is 71.7 Å². The Hall–Kier alpha value is -3.41. The van der Waals surface area contributed by atoms with Gasteiger partial charge in [0.1, 0.15) is 17.8 Å². The first kappa shape index (κ1) is 18.4. The van der Waals surface area contributed by atoms with E-state index in [0.717, 1.165) is 22.5 Å². The Morgan fingerprint density at radius 2 is 1.63 bits per heavy atom. The van der Waals surface area contributed by atoms with Crippen molar-refractivity contribution in [3.8, 4) is 0 Å². The molecule has 1 heterocycles. The molecule has 0 aliphatic heterocycles. The van der Waals surface area contributed by atoms with E-state index in [9.17, 15) is 4.79 Å². The van der Waals surface area contributed by atoms with Crippen LogP contribution in [0.4, 0.5) is 22.9 Å². The zero-order valence-electron chi connectivity index (χ0n) is 15.9. The van der Waals surface area contributed by atoms with Crippen LogP contribution in [0.1, 0.15) is 21.6 Å². The third kappa shape index (κ3) is 4.41. The van der Waals surface area contributed by atoms with Crippen molar-refractivity contribution in [3.63, 3.8) is 0 Å². The largest absolute Gasteiger partial charge is 0.378 e. The molecule has 2 aromatic carbocycles. The van der Waals surface area contributed by atoms with Gasteiger partial charge in [0.15, 0.2) is 0 Å². The zero-order chi connectivity index (χ0) is 19.4. The Balaban J connectivity index is 1.75. The lowest BCUT2D eigenvalue weighted by Crippen LogP contribution is -2.15. The van der Waals surface area contributed by atoms with Gasteiger partial charge in [-0.1, -0.05) is 18.2 Å². The van der Waals surface area contributed by atoms with Crippen LogP contribution in [0.5, 0.6) is 0 Å². The molecule has 0 atom stereocenters. The number of hydrogen-bond acceptors (Lipinski definition) is 5. The van der Waals surface area contributed by atoms with Gasteiger partial charge in [0.05, 0.1) is 0 Å². The topological polar surface area (TPSA) is 70.2 Å². The fourth-order valence-electron chi connectivity index (χ4n) is 2.73. The molecule has 0 radical (unpaired) electrons. The number of rotatable bonds is 5. The predicted octanol–water partition coefficient (Wildman–Crippen LogP) is 4.16. The van der Waals surface area contributed by atoms with Gasteiger partial charge >= 0.3 is 0 Å². The number of nitrogens with one attached hydrogen (secondary N) is 2. The monoisotopic (exact) mass is 361 g/mol. The minimum Gasteiger partial charge on any atom is -0.378 e. The standard InChI is InChI=1S/C21H23N5O/c1-14-6-5-7-15(2)20(14)25-19-12-18(22-13-23-19)21(27)24-16-8-10-17(11-9-16)26(3)4/h5-13H,1-4H3,(H,24,27)(H,22,23,25). The van der Waals surface area contributed by atoms with Crippen molar-refractivity contribution in [2.24, 2.45) is 0 Å². The van der Waals surface area contributed by atoms with Crippen LogP contribution in [-0.4, -0.2) is 30.0 Å². The van der Waals surface area contributed by atoms with Crippen LogP contribution in [-0.2, 0) is 0 Å². The van der Waals surface area contributed by atoms with E-state index in [4.69, 9.17) is 0 Å². The Labute approximate surface area is 159 Å². The lowest BCUT2D eigenvalue weighted by Gasteiger charge is -2.13. The molecule has 0 aliphatic carbocycles. The Morgan fingerprint density at radius 3 is 2.26 bits per heavy atom. The second-order valence-corrected chi connectivity index (χ2v) is 6.58. The molecule has 3 rings (SSSR count). The Kier molecular flexibility index (Phi) is 5.35. The smallest absolute Gasteiger partial charge is 0.274 e. The van der Waals surface area contributed by atoms with Gasteiger partial charge in [-0.15, -0.1) is 0 Å². The number of para-hydroxylation sites is 1. The molecule has 0 bridgehead atoms. The summed E-state index contributed by atoms with van der Waals surface area (Å²) in [6.07, 6.45) is 1.39. The summed E-state index contributed by atoms with van der Waals surface area (Å²) in [6, 6.07) is 15.3. The molecule has 0 spiro atoms. The van der Waals surface area contributed by atoms with Crippen LogP contribution in [0.15, 0.2) is 54.9 Å².